The van der Waals surface area contributed by atoms with Gasteiger partial charge in [-0.2, -0.15) is 18.2 Å². The van der Waals surface area contributed by atoms with Crippen LogP contribution < -0.4 is 10.4 Å². The lowest BCUT2D eigenvalue weighted by Gasteiger charge is -2.17. The fourth-order valence-electron chi connectivity index (χ4n) is 3.86. The van der Waals surface area contributed by atoms with Crippen LogP contribution in [0.5, 0.6) is 5.75 Å². The van der Waals surface area contributed by atoms with E-state index in [1.807, 2.05) is 13.8 Å². The minimum atomic E-state index is -4.52. The van der Waals surface area contributed by atoms with Crippen molar-refractivity contribution in [3.8, 4) is 28.5 Å². The molecule has 1 aliphatic carbocycles. The van der Waals surface area contributed by atoms with Crippen molar-refractivity contribution in [2.75, 3.05) is 6.61 Å². The molecule has 0 unspecified atom stereocenters. The third kappa shape index (κ3) is 5.61. The third-order valence-electron chi connectivity index (χ3n) is 6.10. The van der Waals surface area contributed by atoms with Crippen LogP contribution in [-0.4, -0.2) is 33.5 Å². The average molecular weight is 520 g/mol. The molecule has 2 aromatic carbocycles. The molecule has 1 N–H and O–H groups in total. The van der Waals surface area contributed by atoms with Gasteiger partial charge in [-0.15, -0.1) is 0 Å². The maximum absolute atomic E-state index is 13.2. The van der Waals surface area contributed by atoms with E-state index in [1.54, 1.807) is 42.5 Å². The summed E-state index contributed by atoms with van der Waals surface area (Å²) in [5.74, 6) is 0.603. The van der Waals surface area contributed by atoms with Gasteiger partial charge in [0.15, 0.2) is 5.82 Å². The van der Waals surface area contributed by atoms with Gasteiger partial charge in [-0.3, -0.25) is 9.78 Å². The van der Waals surface area contributed by atoms with Crippen LogP contribution in [0.2, 0.25) is 5.02 Å². The summed E-state index contributed by atoms with van der Waals surface area (Å²) in [6.07, 6.45) is -4.96. The number of hydrogen-bond acceptors (Lipinski definition) is 5. The minimum absolute atomic E-state index is 0.112. The number of rotatable bonds is 9. The zero-order valence-corrected chi connectivity index (χ0v) is 20.5. The van der Waals surface area contributed by atoms with Crippen molar-refractivity contribution in [3.05, 3.63) is 63.5 Å². The molecular weight excluding hydrogens is 495 g/mol. The first-order chi connectivity index (χ1) is 17.0. The Kier molecular flexibility index (Phi) is 7.22. The fraction of sp³-hybridized carbons (Fsp3) is 0.385. The summed E-state index contributed by atoms with van der Waals surface area (Å²) in [7, 11) is 0. The zero-order chi connectivity index (χ0) is 26.1. The van der Waals surface area contributed by atoms with Gasteiger partial charge in [-0.1, -0.05) is 31.5 Å². The molecule has 0 saturated heterocycles. The molecule has 1 saturated carbocycles. The third-order valence-corrected chi connectivity index (χ3v) is 6.43. The number of nitrogens with one attached hydrogen (secondary N) is 1. The number of ketones is 1. The second-order valence-corrected chi connectivity index (χ2v) is 9.78. The first kappa shape index (κ1) is 25.9. The summed E-state index contributed by atoms with van der Waals surface area (Å²) in [5, 5.41) is 0.289. The Morgan fingerprint density at radius 2 is 1.83 bits per heavy atom. The highest BCUT2D eigenvalue weighted by Crippen LogP contribution is 2.58. The van der Waals surface area contributed by atoms with Crippen LogP contribution in [-0.2, 0) is 11.2 Å². The van der Waals surface area contributed by atoms with E-state index in [-0.39, 0.29) is 42.4 Å². The molecule has 0 spiro atoms. The Morgan fingerprint density at radius 3 is 2.44 bits per heavy atom. The average Bonchev–Trinajstić information content (AvgIpc) is 3.64. The number of aromatic amines is 1. The van der Waals surface area contributed by atoms with E-state index in [0.717, 1.165) is 0 Å². The van der Waals surface area contributed by atoms with Crippen molar-refractivity contribution >= 4 is 17.4 Å². The summed E-state index contributed by atoms with van der Waals surface area (Å²) in [4.78, 5) is 35.5. The van der Waals surface area contributed by atoms with Gasteiger partial charge in [0.25, 0.3) is 0 Å². The van der Waals surface area contributed by atoms with Gasteiger partial charge in [0, 0.05) is 17.5 Å². The molecule has 3 aromatic rings. The Bertz CT molecular complexity index is 1320. The number of alkyl halides is 3. The number of ether oxygens (including phenoxy) is 1. The molecule has 1 fully saturated rings. The maximum atomic E-state index is 13.2. The van der Waals surface area contributed by atoms with E-state index in [0.29, 0.717) is 35.0 Å². The lowest BCUT2D eigenvalue weighted by molar-refractivity contribution is -0.190. The molecule has 190 valence electrons. The fourth-order valence-corrected chi connectivity index (χ4v) is 4.06. The Morgan fingerprint density at radius 1 is 1.14 bits per heavy atom. The smallest absolute Gasteiger partial charge is 0.401 e. The number of carbonyl (C=O) groups is 1. The monoisotopic (exact) mass is 519 g/mol. The van der Waals surface area contributed by atoms with E-state index in [9.17, 15) is 22.8 Å². The van der Waals surface area contributed by atoms with Gasteiger partial charge in [0.2, 0.25) is 0 Å². The summed E-state index contributed by atoms with van der Waals surface area (Å²) in [6.45, 7) is 4.66. The number of aryl methyl sites for hydroxylation is 1. The van der Waals surface area contributed by atoms with Crippen LogP contribution in [0.1, 0.15) is 38.7 Å². The lowest BCUT2D eigenvalue weighted by atomic mass is 9.94. The van der Waals surface area contributed by atoms with Gasteiger partial charge >= 0.3 is 11.9 Å². The molecule has 10 heteroatoms. The molecule has 0 bridgehead atoms. The number of nitrogens with zero attached hydrogens (tertiary/aromatic N) is 2. The molecule has 1 aromatic heterocycles. The van der Waals surface area contributed by atoms with Gasteiger partial charge < -0.3 is 4.74 Å². The van der Waals surface area contributed by atoms with Crippen LogP contribution in [0.15, 0.2) is 47.3 Å². The van der Waals surface area contributed by atoms with E-state index < -0.39 is 23.1 Å². The highest BCUT2D eigenvalue weighted by Gasteiger charge is 2.67. The number of Topliss-reactive ketones (excluding diaryl/α,β-unsaturated/α-hetero) is 1. The standard InChI is InChI=1S/C26H25ClF3N3O3/c1-15(2)14-36-18-7-5-17(6-8-18)22-31-23(33-24(35)32-22)19-13-16(3-9-20(19)27)4-10-21(34)25(11-12-25)26(28,29)30/h3,5-9,13,15H,4,10-12,14H2,1-2H3,(H,31,32,33,35). The van der Waals surface area contributed by atoms with Crippen molar-refractivity contribution in [3.63, 3.8) is 0 Å². The molecule has 0 aliphatic heterocycles. The first-order valence-electron chi connectivity index (χ1n) is 11.6. The molecule has 1 heterocycles. The maximum Gasteiger partial charge on any atom is 0.401 e. The molecule has 0 radical (unpaired) electrons. The largest absolute Gasteiger partial charge is 0.493 e. The predicted molar refractivity (Wildman–Crippen MR) is 130 cm³/mol. The molecule has 0 amide bonds. The highest BCUT2D eigenvalue weighted by molar-refractivity contribution is 6.33. The van der Waals surface area contributed by atoms with E-state index in [4.69, 9.17) is 16.3 Å². The van der Waals surface area contributed by atoms with Crippen LogP contribution in [0.4, 0.5) is 13.2 Å². The van der Waals surface area contributed by atoms with Crippen molar-refractivity contribution in [1.82, 2.24) is 15.0 Å². The van der Waals surface area contributed by atoms with E-state index in [2.05, 4.69) is 15.0 Å². The molecule has 36 heavy (non-hydrogen) atoms. The number of carbonyl (C=O) groups excluding carboxylic acids is 1. The number of halogens is 4. The molecular formula is C26H25ClF3N3O3. The SMILES string of the molecule is CC(C)COc1ccc(-c2nc(-c3cc(CCC(=O)C4(C(F)(F)F)CC4)ccc3Cl)[nH]c(=O)n2)cc1. The summed E-state index contributed by atoms with van der Waals surface area (Å²) in [5.41, 5.74) is -1.24. The topological polar surface area (TPSA) is 84.9 Å². The van der Waals surface area contributed by atoms with Crippen molar-refractivity contribution in [2.24, 2.45) is 11.3 Å². The number of H-pyrrole nitrogens is 1. The quantitative estimate of drug-likeness (QED) is 0.373. The second kappa shape index (κ2) is 10.0. The van der Waals surface area contributed by atoms with Crippen molar-refractivity contribution in [1.29, 1.82) is 0 Å². The van der Waals surface area contributed by atoms with Crippen LogP contribution in [0.25, 0.3) is 22.8 Å². The molecule has 0 atom stereocenters. The van der Waals surface area contributed by atoms with Crippen molar-refractivity contribution < 1.29 is 22.7 Å². The Balaban J connectivity index is 1.55. The number of hydrogen-bond donors (Lipinski definition) is 1. The summed E-state index contributed by atoms with van der Waals surface area (Å²) >= 11 is 6.35. The highest BCUT2D eigenvalue weighted by atomic mass is 35.5. The Hall–Kier alpha value is -3.20. The van der Waals surface area contributed by atoms with Crippen molar-refractivity contribution in [2.45, 2.75) is 45.7 Å². The normalized spacial score (nSPS) is 14.6. The van der Waals surface area contributed by atoms with Gasteiger partial charge in [-0.05, 0) is 67.1 Å². The van der Waals surface area contributed by atoms with Gasteiger partial charge in [-0.25, -0.2) is 9.78 Å². The van der Waals surface area contributed by atoms with E-state index >= 15 is 0 Å². The summed E-state index contributed by atoms with van der Waals surface area (Å²) < 4.78 is 45.4. The Labute approximate surface area is 210 Å². The minimum Gasteiger partial charge on any atom is -0.493 e. The van der Waals surface area contributed by atoms with Crippen LogP contribution in [0, 0.1) is 11.3 Å². The number of aromatic nitrogens is 3. The molecule has 4 rings (SSSR count). The number of benzene rings is 2. The van der Waals surface area contributed by atoms with Crippen LogP contribution >= 0.6 is 11.6 Å². The van der Waals surface area contributed by atoms with Crippen LogP contribution in [0.3, 0.4) is 0 Å². The van der Waals surface area contributed by atoms with Gasteiger partial charge in [0.1, 0.15) is 22.8 Å². The first-order valence-corrected chi connectivity index (χ1v) is 12.0. The molecule has 6 nitrogen and oxygen atoms in total. The second-order valence-electron chi connectivity index (χ2n) is 9.37. The zero-order valence-electron chi connectivity index (χ0n) is 19.8. The molecule has 1 aliphatic rings. The van der Waals surface area contributed by atoms with Gasteiger partial charge in [0.05, 0.1) is 11.6 Å². The lowest BCUT2D eigenvalue weighted by Crippen LogP contribution is -2.32. The van der Waals surface area contributed by atoms with E-state index in [1.165, 1.54) is 0 Å². The predicted octanol–water partition coefficient (Wildman–Crippen LogP) is 6.03. The summed E-state index contributed by atoms with van der Waals surface area (Å²) in [6, 6.07) is 11.8.